The van der Waals surface area contributed by atoms with E-state index in [1.807, 2.05) is 34.0 Å². The van der Waals surface area contributed by atoms with Gasteiger partial charge in [-0.3, -0.25) is 4.79 Å². The first-order valence-electron chi connectivity index (χ1n) is 8.97. The van der Waals surface area contributed by atoms with Crippen LogP contribution in [0.5, 0.6) is 10.9 Å². The lowest BCUT2D eigenvalue weighted by Crippen LogP contribution is -2.37. The zero-order valence-electron chi connectivity index (χ0n) is 15.2. The Morgan fingerprint density at radius 2 is 2.07 bits per heavy atom. The third kappa shape index (κ3) is 3.01. The summed E-state index contributed by atoms with van der Waals surface area (Å²) >= 11 is 1.43. The lowest BCUT2D eigenvalue weighted by atomic mass is 10.1. The summed E-state index contributed by atoms with van der Waals surface area (Å²) in [5, 5.41) is 6.97. The normalized spacial score (nSPS) is 13.5. The maximum atomic E-state index is 12.9. The summed E-state index contributed by atoms with van der Waals surface area (Å²) in [7, 11) is 0. The Balaban J connectivity index is 1.34. The van der Waals surface area contributed by atoms with E-state index in [9.17, 15) is 4.79 Å². The van der Waals surface area contributed by atoms with Crippen molar-refractivity contribution < 1.29 is 9.53 Å². The molecule has 140 valence electrons. The fraction of sp³-hybridized carbons (Fsp3) is 0.200. The number of hydrogen-bond acceptors (Lipinski definition) is 6. The van der Waals surface area contributed by atoms with Gasteiger partial charge in [-0.05, 0) is 31.2 Å². The number of thiazole rings is 1. The molecule has 1 amide bonds. The van der Waals surface area contributed by atoms with E-state index in [0.717, 1.165) is 29.0 Å². The summed E-state index contributed by atoms with van der Waals surface area (Å²) in [6.07, 6.45) is 4.31. The van der Waals surface area contributed by atoms with E-state index >= 15 is 0 Å². The number of ether oxygens (including phenoxy) is 1. The van der Waals surface area contributed by atoms with Crippen molar-refractivity contribution in [3.63, 3.8) is 0 Å². The van der Waals surface area contributed by atoms with Crippen LogP contribution in [-0.4, -0.2) is 36.9 Å². The van der Waals surface area contributed by atoms with Crippen molar-refractivity contribution in [2.24, 2.45) is 0 Å². The second-order valence-corrected chi connectivity index (χ2v) is 7.54. The first-order chi connectivity index (χ1) is 13.7. The molecule has 3 aromatic heterocycles. The van der Waals surface area contributed by atoms with Gasteiger partial charge in [0.15, 0.2) is 5.65 Å². The average Bonchev–Trinajstić information content (AvgIpc) is 3.36. The number of amides is 1. The van der Waals surface area contributed by atoms with Crippen molar-refractivity contribution in [2.75, 3.05) is 6.54 Å². The second-order valence-electron chi connectivity index (χ2n) is 6.69. The fourth-order valence-corrected chi connectivity index (χ4v) is 3.94. The summed E-state index contributed by atoms with van der Waals surface area (Å²) in [5.41, 5.74) is 4.61. The van der Waals surface area contributed by atoms with E-state index in [-0.39, 0.29) is 5.91 Å². The molecule has 7 nitrogen and oxygen atoms in total. The molecule has 0 radical (unpaired) electrons. The summed E-state index contributed by atoms with van der Waals surface area (Å²) in [4.78, 5) is 23.4. The van der Waals surface area contributed by atoms with E-state index in [1.165, 1.54) is 11.3 Å². The highest BCUT2D eigenvalue weighted by Gasteiger charge is 2.24. The van der Waals surface area contributed by atoms with Gasteiger partial charge in [-0.1, -0.05) is 11.3 Å². The van der Waals surface area contributed by atoms with Gasteiger partial charge in [0.1, 0.15) is 5.75 Å². The number of nitrogens with zero attached hydrogens (tertiary/aromatic N) is 5. The van der Waals surface area contributed by atoms with Gasteiger partial charge >= 0.3 is 0 Å². The molecule has 0 bridgehead atoms. The van der Waals surface area contributed by atoms with E-state index in [2.05, 4.69) is 15.1 Å². The lowest BCUT2D eigenvalue weighted by Gasteiger charge is -2.28. The minimum Gasteiger partial charge on any atom is -0.431 e. The predicted molar refractivity (Wildman–Crippen MR) is 105 cm³/mol. The molecule has 4 aromatic rings. The first kappa shape index (κ1) is 16.9. The van der Waals surface area contributed by atoms with Crippen LogP contribution >= 0.6 is 11.3 Å². The number of fused-ring (bicyclic) bond motifs is 3. The van der Waals surface area contributed by atoms with Crippen molar-refractivity contribution in [1.29, 1.82) is 0 Å². The number of carbonyl (C=O) groups is 1. The first-order valence-corrected chi connectivity index (χ1v) is 9.85. The smallest absolute Gasteiger partial charge is 0.278 e. The van der Waals surface area contributed by atoms with Crippen molar-refractivity contribution in [2.45, 2.75) is 19.9 Å². The number of aryl methyl sites for hydroxylation is 1. The van der Waals surface area contributed by atoms with Gasteiger partial charge in [-0.25, -0.2) is 14.5 Å². The molecule has 0 fully saturated rings. The van der Waals surface area contributed by atoms with Crippen molar-refractivity contribution in [1.82, 2.24) is 24.5 Å². The van der Waals surface area contributed by atoms with E-state index in [1.54, 1.807) is 30.5 Å². The standard InChI is InChI=1S/C20H17N5O2S/c1-13-10-18-22-11-15-12-24(8-6-17(15)25(18)23-13)19(26)14-2-4-16(5-3-14)27-20-21-7-9-28-20/h2-5,7,9-11H,6,8,12H2,1H3. The quantitative estimate of drug-likeness (QED) is 0.535. The summed E-state index contributed by atoms with van der Waals surface area (Å²) in [6.45, 7) is 3.15. The van der Waals surface area contributed by atoms with E-state index in [0.29, 0.717) is 29.6 Å². The van der Waals surface area contributed by atoms with Crippen LogP contribution in [0.2, 0.25) is 0 Å². The molecule has 0 N–H and O–H groups in total. The maximum absolute atomic E-state index is 12.9. The zero-order valence-corrected chi connectivity index (χ0v) is 16.0. The Morgan fingerprint density at radius 3 is 2.86 bits per heavy atom. The number of benzene rings is 1. The van der Waals surface area contributed by atoms with Crippen molar-refractivity contribution >= 4 is 22.9 Å². The Kier molecular flexibility index (Phi) is 4.05. The molecule has 0 aliphatic carbocycles. The molecular weight excluding hydrogens is 374 g/mol. The van der Waals surface area contributed by atoms with E-state index < -0.39 is 0 Å². The van der Waals surface area contributed by atoms with Crippen LogP contribution in [0.4, 0.5) is 0 Å². The molecule has 0 atom stereocenters. The Hall–Kier alpha value is -3.26. The van der Waals surface area contributed by atoms with Crippen LogP contribution in [-0.2, 0) is 13.0 Å². The highest BCUT2D eigenvalue weighted by Crippen LogP contribution is 2.25. The monoisotopic (exact) mass is 391 g/mol. The summed E-state index contributed by atoms with van der Waals surface area (Å²) < 4.78 is 7.55. The largest absolute Gasteiger partial charge is 0.431 e. The van der Waals surface area contributed by atoms with Crippen LogP contribution in [0.1, 0.15) is 27.3 Å². The molecule has 28 heavy (non-hydrogen) atoms. The van der Waals surface area contributed by atoms with Crippen molar-refractivity contribution in [3.8, 4) is 10.9 Å². The molecule has 0 saturated carbocycles. The van der Waals surface area contributed by atoms with Crippen LogP contribution < -0.4 is 4.74 Å². The van der Waals surface area contributed by atoms with Crippen molar-refractivity contribution in [3.05, 3.63) is 70.6 Å². The van der Waals surface area contributed by atoms with E-state index in [4.69, 9.17) is 4.74 Å². The van der Waals surface area contributed by atoms with Gasteiger partial charge in [0.25, 0.3) is 11.1 Å². The number of rotatable bonds is 3. The maximum Gasteiger partial charge on any atom is 0.278 e. The van der Waals surface area contributed by atoms with Gasteiger partial charge in [-0.2, -0.15) is 5.10 Å². The summed E-state index contributed by atoms with van der Waals surface area (Å²) in [5.74, 6) is 0.666. The number of carbonyl (C=O) groups excluding carboxylic acids is 1. The van der Waals surface area contributed by atoms with Gasteiger partial charge in [0, 0.05) is 54.5 Å². The predicted octanol–water partition coefficient (Wildman–Crippen LogP) is 3.49. The van der Waals surface area contributed by atoms with Crippen LogP contribution in [0, 0.1) is 6.92 Å². The van der Waals surface area contributed by atoms with Crippen LogP contribution in [0.25, 0.3) is 5.65 Å². The zero-order chi connectivity index (χ0) is 19.1. The Morgan fingerprint density at radius 1 is 1.21 bits per heavy atom. The molecule has 8 heteroatoms. The highest BCUT2D eigenvalue weighted by molar-refractivity contribution is 7.11. The lowest BCUT2D eigenvalue weighted by molar-refractivity contribution is 0.0732. The molecule has 0 spiro atoms. The Bertz CT molecular complexity index is 1150. The van der Waals surface area contributed by atoms with Crippen LogP contribution in [0.15, 0.2) is 48.1 Å². The Labute approximate surface area is 165 Å². The topological polar surface area (TPSA) is 72.6 Å². The van der Waals surface area contributed by atoms with Gasteiger partial charge in [-0.15, -0.1) is 0 Å². The number of hydrogen-bond donors (Lipinski definition) is 0. The van der Waals surface area contributed by atoms with Gasteiger partial charge in [0.2, 0.25) is 0 Å². The molecule has 1 aromatic carbocycles. The molecule has 1 aliphatic heterocycles. The highest BCUT2D eigenvalue weighted by atomic mass is 32.1. The molecule has 4 heterocycles. The molecule has 0 unspecified atom stereocenters. The minimum absolute atomic E-state index is 0.00296. The number of aromatic nitrogens is 4. The van der Waals surface area contributed by atoms with Crippen LogP contribution in [0.3, 0.4) is 0 Å². The molecular formula is C20H17N5O2S. The minimum atomic E-state index is 0.00296. The molecule has 5 rings (SSSR count). The second kappa shape index (κ2) is 6.72. The fourth-order valence-electron chi connectivity index (χ4n) is 3.44. The van der Waals surface area contributed by atoms with Gasteiger partial charge in [0.05, 0.1) is 11.4 Å². The van der Waals surface area contributed by atoms with Gasteiger partial charge < -0.3 is 9.64 Å². The SMILES string of the molecule is Cc1cc2ncc3c(n2n1)CCN(C(=O)c1ccc(Oc2nccs2)cc1)C3. The third-order valence-corrected chi connectivity index (χ3v) is 5.42. The average molecular weight is 391 g/mol. The summed E-state index contributed by atoms with van der Waals surface area (Å²) in [6, 6.07) is 9.14. The molecule has 1 aliphatic rings. The molecule has 0 saturated heterocycles. The third-order valence-electron chi connectivity index (χ3n) is 4.77.